The van der Waals surface area contributed by atoms with Gasteiger partial charge in [-0.1, -0.05) is 55.5 Å². The number of carbonyl (C=O) groups excluding carboxylic acids is 2. The average Bonchev–Trinajstić information content (AvgIpc) is 3.06. The number of anilines is 2. The van der Waals surface area contributed by atoms with Crippen molar-refractivity contribution in [2.24, 2.45) is 5.92 Å². The third kappa shape index (κ3) is 6.79. The van der Waals surface area contributed by atoms with E-state index in [-0.39, 0.29) is 53.4 Å². The molecule has 46 heavy (non-hydrogen) atoms. The SMILES string of the molecule is COc1cccc(S(=O)(=O)N(C)C[C@@H]2Oc3c(NC(=O)Nc4cccc5ccccc45)cccc3C(=O)N([C@@H](C)CO)C[C@H]2C)c1. The second kappa shape index (κ2) is 13.8. The molecule has 3 amide bonds. The normalized spacial score (nSPS) is 17.4. The van der Waals surface area contributed by atoms with Crippen LogP contribution in [0.25, 0.3) is 10.8 Å². The number of ether oxygens (including phenoxy) is 2. The molecule has 0 saturated carbocycles. The molecule has 4 aromatic rings. The Morgan fingerprint density at radius 3 is 2.48 bits per heavy atom. The smallest absolute Gasteiger partial charge is 0.323 e. The van der Waals surface area contributed by atoms with E-state index in [9.17, 15) is 23.1 Å². The number of para-hydroxylation sites is 1. The van der Waals surface area contributed by atoms with Gasteiger partial charge in [-0.15, -0.1) is 0 Å². The molecule has 3 N–H and O–H groups in total. The maximum Gasteiger partial charge on any atom is 0.323 e. The summed E-state index contributed by atoms with van der Waals surface area (Å²) in [6.07, 6.45) is -0.741. The van der Waals surface area contributed by atoms with Gasteiger partial charge in [0.25, 0.3) is 5.91 Å². The highest BCUT2D eigenvalue weighted by Crippen LogP contribution is 2.36. The molecule has 0 bridgehead atoms. The Labute approximate surface area is 268 Å². The van der Waals surface area contributed by atoms with Gasteiger partial charge < -0.3 is 30.1 Å². The maximum atomic E-state index is 13.8. The van der Waals surface area contributed by atoms with Crippen molar-refractivity contribution in [1.29, 1.82) is 0 Å². The van der Waals surface area contributed by atoms with E-state index in [0.29, 0.717) is 11.4 Å². The first-order chi connectivity index (χ1) is 22.0. The number of carbonyl (C=O) groups is 2. The lowest BCUT2D eigenvalue weighted by atomic mass is 9.99. The minimum atomic E-state index is -3.95. The lowest BCUT2D eigenvalue weighted by molar-refractivity contribution is 0.0389. The summed E-state index contributed by atoms with van der Waals surface area (Å²) in [4.78, 5) is 28.8. The molecular formula is C34H38N4O7S. The molecule has 11 nitrogen and oxygen atoms in total. The molecule has 0 radical (unpaired) electrons. The highest BCUT2D eigenvalue weighted by Gasteiger charge is 2.36. The molecule has 3 atom stereocenters. The molecule has 1 aliphatic heterocycles. The van der Waals surface area contributed by atoms with Crippen LogP contribution in [-0.4, -0.2) is 80.7 Å². The predicted octanol–water partition coefficient (Wildman–Crippen LogP) is 5.03. The quantitative estimate of drug-likeness (QED) is 0.232. The summed E-state index contributed by atoms with van der Waals surface area (Å²) >= 11 is 0. The second-order valence-corrected chi connectivity index (χ2v) is 13.4. The number of aliphatic hydroxyl groups excluding tert-OH is 1. The zero-order chi connectivity index (χ0) is 33.0. The summed E-state index contributed by atoms with van der Waals surface area (Å²) in [5, 5.41) is 17.5. The Hall–Kier alpha value is -4.65. The van der Waals surface area contributed by atoms with E-state index in [2.05, 4.69) is 10.6 Å². The minimum Gasteiger partial charge on any atom is -0.497 e. The van der Waals surface area contributed by atoms with Crippen molar-refractivity contribution in [3.05, 3.63) is 90.5 Å². The number of amides is 3. The molecule has 0 unspecified atom stereocenters. The van der Waals surface area contributed by atoms with E-state index >= 15 is 0 Å². The highest BCUT2D eigenvalue weighted by atomic mass is 32.2. The van der Waals surface area contributed by atoms with Gasteiger partial charge in [0, 0.05) is 31.0 Å². The molecule has 0 aliphatic carbocycles. The molecule has 0 fully saturated rings. The van der Waals surface area contributed by atoms with Crippen LogP contribution in [0.15, 0.2) is 89.8 Å². The number of rotatable bonds is 9. The fourth-order valence-electron chi connectivity index (χ4n) is 5.46. The van der Waals surface area contributed by atoms with Gasteiger partial charge in [0.1, 0.15) is 11.9 Å². The second-order valence-electron chi connectivity index (χ2n) is 11.4. The summed E-state index contributed by atoms with van der Waals surface area (Å²) in [5.41, 5.74) is 1.02. The first-order valence-corrected chi connectivity index (χ1v) is 16.3. The Bertz CT molecular complexity index is 1840. The molecule has 4 aromatic carbocycles. The number of nitrogens with zero attached hydrogens (tertiary/aromatic N) is 2. The van der Waals surface area contributed by atoms with Crippen molar-refractivity contribution in [1.82, 2.24) is 9.21 Å². The number of hydrogen-bond donors (Lipinski definition) is 3. The number of nitrogens with one attached hydrogen (secondary N) is 2. The molecular weight excluding hydrogens is 608 g/mol. The van der Waals surface area contributed by atoms with Crippen molar-refractivity contribution in [2.75, 3.05) is 44.5 Å². The lowest BCUT2D eigenvalue weighted by Gasteiger charge is -2.38. The Kier molecular flexibility index (Phi) is 9.80. The van der Waals surface area contributed by atoms with E-state index in [0.717, 1.165) is 10.8 Å². The monoisotopic (exact) mass is 646 g/mol. The van der Waals surface area contributed by atoms with Crippen LogP contribution in [0.3, 0.4) is 0 Å². The zero-order valence-corrected chi connectivity index (χ0v) is 27.0. The molecule has 0 spiro atoms. The number of urea groups is 1. The van der Waals surface area contributed by atoms with Crippen molar-refractivity contribution in [3.8, 4) is 11.5 Å². The van der Waals surface area contributed by atoms with Crippen LogP contribution in [0, 0.1) is 5.92 Å². The van der Waals surface area contributed by atoms with Crippen LogP contribution in [-0.2, 0) is 10.0 Å². The summed E-state index contributed by atoms with van der Waals surface area (Å²) < 4.78 is 40.1. The van der Waals surface area contributed by atoms with Gasteiger partial charge in [-0.05, 0) is 42.6 Å². The van der Waals surface area contributed by atoms with Crippen LogP contribution in [0.2, 0.25) is 0 Å². The standard InChI is InChI=1S/C34H38N4O7S/c1-22-19-38(23(2)21-39)33(40)28-15-9-17-30(36-34(41)35-29-16-7-11-24-10-5-6-14-27(24)29)32(28)45-31(22)20-37(3)46(42,43)26-13-8-12-25(18-26)44-4/h5-18,22-23,31,39H,19-21H2,1-4H3,(H2,35,36,41)/t22-,23+,31+/m1/s1. The Balaban J connectivity index is 1.48. The number of benzene rings is 4. The number of aliphatic hydroxyl groups is 1. The summed E-state index contributed by atoms with van der Waals surface area (Å²) in [6, 6.07) is 23.2. The number of sulfonamides is 1. The van der Waals surface area contributed by atoms with Gasteiger partial charge in [0.2, 0.25) is 10.0 Å². The number of methoxy groups -OCH3 is 1. The first kappa shape index (κ1) is 32.7. The van der Waals surface area contributed by atoms with E-state index in [1.807, 2.05) is 43.3 Å². The maximum absolute atomic E-state index is 13.8. The summed E-state index contributed by atoms with van der Waals surface area (Å²) in [6.45, 7) is 3.47. The fourth-order valence-corrected chi connectivity index (χ4v) is 6.68. The molecule has 12 heteroatoms. The van der Waals surface area contributed by atoms with E-state index in [1.165, 1.54) is 30.6 Å². The average molecular weight is 647 g/mol. The highest BCUT2D eigenvalue weighted by molar-refractivity contribution is 7.89. The van der Waals surface area contributed by atoms with Gasteiger partial charge in [-0.25, -0.2) is 13.2 Å². The van der Waals surface area contributed by atoms with Gasteiger partial charge >= 0.3 is 6.03 Å². The lowest BCUT2D eigenvalue weighted by Crippen LogP contribution is -2.50. The number of hydrogen-bond acceptors (Lipinski definition) is 7. The largest absolute Gasteiger partial charge is 0.497 e. The first-order valence-electron chi connectivity index (χ1n) is 14.9. The van der Waals surface area contributed by atoms with Crippen LogP contribution in [0.1, 0.15) is 24.2 Å². The number of fused-ring (bicyclic) bond motifs is 2. The third-order valence-corrected chi connectivity index (χ3v) is 9.98. The van der Waals surface area contributed by atoms with Crippen molar-refractivity contribution < 1.29 is 32.6 Å². The van der Waals surface area contributed by atoms with Gasteiger partial charge in [-0.3, -0.25) is 4.79 Å². The Morgan fingerprint density at radius 2 is 1.72 bits per heavy atom. The molecule has 0 saturated heterocycles. The molecule has 242 valence electrons. The topological polar surface area (TPSA) is 138 Å². The van der Waals surface area contributed by atoms with Crippen LogP contribution in [0.4, 0.5) is 16.2 Å². The molecule has 5 rings (SSSR count). The van der Waals surface area contributed by atoms with Crippen molar-refractivity contribution in [2.45, 2.75) is 30.9 Å². The van der Waals surface area contributed by atoms with Gasteiger partial charge in [0.05, 0.1) is 48.1 Å². The molecule has 1 heterocycles. The van der Waals surface area contributed by atoms with E-state index in [1.54, 1.807) is 48.2 Å². The van der Waals surface area contributed by atoms with E-state index in [4.69, 9.17) is 9.47 Å². The van der Waals surface area contributed by atoms with E-state index < -0.39 is 28.2 Å². The summed E-state index contributed by atoms with van der Waals surface area (Å²) in [7, 11) is -1.02. The Morgan fingerprint density at radius 1 is 1.04 bits per heavy atom. The van der Waals surface area contributed by atoms with Gasteiger partial charge in [0.15, 0.2) is 5.75 Å². The third-order valence-electron chi connectivity index (χ3n) is 8.16. The minimum absolute atomic E-state index is 0.0615. The van der Waals surface area contributed by atoms with Crippen molar-refractivity contribution in [3.63, 3.8) is 0 Å². The fraction of sp³-hybridized carbons (Fsp3) is 0.294. The van der Waals surface area contributed by atoms with Crippen LogP contribution < -0.4 is 20.1 Å². The molecule has 1 aliphatic rings. The predicted molar refractivity (Wildman–Crippen MR) is 177 cm³/mol. The van der Waals surface area contributed by atoms with Gasteiger partial charge in [-0.2, -0.15) is 4.31 Å². The number of likely N-dealkylation sites (N-methyl/N-ethyl adjacent to an activating group) is 1. The van der Waals surface area contributed by atoms with Crippen LogP contribution >= 0.6 is 0 Å². The summed E-state index contributed by atoms with van der Waals surface area (Å²) in [5.74, 6) is -0.230. The molecule has 0 aromatic heterocycles. The van der Waals surface area contributed by atoms with Crippen LogP contribution in [0.5, 0.6) is 11.5 Å². The van der Waals surface area contributed by atoms with Crippen molar-refractivity contribution >= 4 is 44.1 Å². The zero-order valence-electron chi connectivity index (χ0n) is 26.1.